The highest BCUT2D eigenvalue weighted by atomic mass is 35.5. The molecule has 3 unspecified atom stereocenters. The molecule has 0 aliphatic heterocycles. The summed E-state index contributed by atoms with van der Waals surface area (Å²) in [4.78, 5) is -1.91. The number of halogens is 12. The largest absolute Gasteiger partial charge is 0.319 e. The van der Waals surface area contributed by atoms with E-state index in [2.05, 4.69) is 0 Å². The van der Waals surface area contributed by atoms with Crippen LogP contribution in [-0.2, 0) is 0 Å². The van der Waals surface area contributed by atoms with Crippen LogP contribution >= 0.6 is 81.2 Å². The number of allylic oxidation sites excluding steroid dienone is 1. The van der Waals surface area contributed by atoms with Crippen molar-refractivity contribution in [2.45, 2.75) is 32.6 Å². The topological polar surface area (TPSA) is 0 Å². The molecule has 0 bridgehead atoms. The average molecular weight is 443 g/mol. The lowest BCUT2D eigenvalue weighted by molar-refractivity contribution is -0.139. The van der Waals surface area contributed by atoms with Crippen LogP contribution in [0.3, 0.4) is 0 Å². The third kappa shape index (κ3) is 4.71. The van der Waals surface area contributed by atoms with Gasteiger partial charge < -0.3 is 0 Å². The van der Waals surface area contributed by atoms with E-state index < -0.39 is 37.1 Å². The molecule has 20 heavy (non-hydrogen) atoms. The van der Waals surface area contributed by atoms with E-state index in [9.17, 15) is 22.0 Å². The zero-order valence-electron chi connectivity index (χ0n) is 8.84. The van der Waals surface area contributed by atoms with Crippen LogP contribution in [0.15, 0.2) is 10.6 Å². The maximum Gasteiger partial charge on any atom is 0.319 e. The van der Waals surface area contributed by atoms with Gasteiger partial charge in [0.1, 0.15) is 14.7 Å². The number of alkyl halides is 10. The highest BCUT2D eigenvalue weighted by Crippen LogP contribution is 2.51. The molecular weight excluding hydrogens is 439 g/mol. The van der Waals surface area contributed by atoms with Gasteiger partial charge in [0.15, 0.2) is 5.38 Å². The van der Waals surface area contributed by atoms with Crippen LogP contribution in [0.2, 0.25) is 0 Å². The molecule has 12 heteroatoms. The summed E-state index contributed by atoms with van der Waals surface area (Å²) in [6.45, 7) is 0. The average Bonchev–Trinajstić information content (AvgIpc) is 2.24. The fourth-order valence-corrected chi connectivity index (χ4v) is 2.40. The fourth-order valence-electron chi connectivity index (χ4n) is 0.971. The summed E-state index contributed by atoms with van der Waals surface area (Å²) < 4.78 is 67.0. The van der Waals surface area contributed by atoms with Crippen LogP contribution in [0.1, 0.15) is 0 Å². The molecule has 0 aromatic carbocycles. The first-order chi connectivity index (χ1) is 8.68. The van der Waals surface area contributed by atoms with E-state index in [-0.39, 0.29) is 6.08 Å². The maximum atomic E-state index is 13.8. The Hall–Kier alpha value is 1.42. The Kier molecular flexibility index (Phi) is 7.85. The molecule has 0 N–H and O–H groups in total. The summed E-state index contributed by atoms with van der Waals surface area (Å²) in [7, 11) is 0. The SMILES string of the molecule is FC(F)(C=C(Cl)Cl)C(Cl)C(F)(F)C(F)(Cl)C(Cl)C(Cl)Cl. The van der Waals surface area contributed by atoms with Gasteiger partial charge in [-0.3, -0.25) is 0 Å². The summed E-state index contributed by atoms with van der Waals surface area (Å²) in [5.74, 6) is -9.51. The maximum absolute atomic E-state index is 13.8. The molecule has 3 atom stereocenters. The summed E-state index contributed by atoms with van der Waals surface area (Å²) in [5.41, 5.74) is 0. The van der Waals surface area contributed by atoms with E-state index in [1.807, 2.05) is 0 Å². The molecule has 0 aliphatic carbocycles. The minimum atomic E-state index is -5.02. The lowest BCUT2D eigenvalue weighted by Gasteiger charge is -2.36. The standard InChI is InChI=1S/C8H4Cl7F5/c9-2(10)1-6(16,17)5(14)8(19,20)7(15,18)3(11)4(12)13/h1,3-5H. The summed E-state index contributed by atoms with van der Waals surface area (Å²) in [6, 6.07) is 0. The second-order valence-corrected chi connectivity index (χ2v) is 7.08. The van der Waals surface area contributed by atoms with Crippen molar-refractivity contribution in [3.8, 4) is 0 Å². The Bertz CT molecular complexity index is 366. The van der Waals surface area contributed by atoms with Gasteiger partial charge in [0.25, 0.3) is 11.1 Å². The highest BCUT2D eigenvalue weighted by Gasteiger charge is 2.68. The molecule has 0 aromatic heterocycles. The second kappa shape index (κ2) is 7.33. The van der Waals surface area contributed by atoms with Gasteiger partial charge in [0.05, 0.1) is 0 Å². The molecule has 0 saturated carbocycles. The second-order valence-electron chi connectivity index (χ2n) is 3.45. The van der Waals surface area contributed by atoms with Crippen molar-refractivity contribution in [1.29, 1.82) is 0 Å². The van der Waals surface area contributed by atoms with Gasteiger partial charge >= 0.3 is 5.92 Å². The predicted octanol–water partition coefficient (Wildman–Crippen LogP) is 6.50. The normalized spacial score (nSPS) is 19.4. The Balaban J connectivity index is 5.57. The van der Waals surface area contributed by atoms with Crippen molar-refractivity contribution in [2.24, 2.45) is 0 Å². The van der Waals surface area contributed by atoms with E-state index >= 15 is 0 Å². The van der Waals surface area contributed by atoms with Gasteiger partial charge in [-0.2, -0.15) is 17.6 Å². The van der Waals surface area contributed by atoms with Gasteiger partial charge in [-0.15, -0.1) is 46.4 Å². The van der Waals surface area contributed by atoms with E-state index in [1.165, 1.54) is 0 Å². The minimum absolute atomic E-state index is 0.295. The van der Waals surface area contributed by atoms with Crippen molar-refractivity contribution < 1.29 is 22.0 Å². The van der Waals surface area contributed by atoms with Crippen LogP contribution in [0.4, 0.5) is 22.0 Å². The Morgan fingerprint density at radius 3 is 1.60 bits per heavy atom. The molecular formula is C8H4Cl7F5. The fraction of sp³-hybridized carbons (Fsp3) is 0.750. The Labute approximate surface area is 146 Å². The zero-order valence-corrected chi connectivity index (χ0v) is 14.1. The first-order valence-electron chi connectivity index (χ1n) is 4.41. The minimum Gasteiger partial charge on any atom is -0.218 e. The molecule has 0 saturated heterocycles. The van der Waals surface area contributed by atoms with Crippen LogP contribution < -0.4 is 0 Å². The highest BCUT2D eigenvalue weighted by molar-refractivity contribution is 6.56. The molecule has 0 aromatic rings. The summed E-state index contributed by atoms with van der Waals surface area (Å²) in [5, 5.41) is -10.1. The first kappa shape index (κ1) is 21.4. The van der Waals surface area contributed by atoms with Gasteiger partial charge in [-0.05, 0) is 0 Å². The molecule has 0 heterocycles. The number of hydrogen-bond donors (Lipinski definition) is 0. The van der Waals surface area contributed by atoms with Crippen LogP contribution in [-0.4, -0.2) is 32.6 Å². The summed E-state index contributed by atoms with van der Waals surface area (Å²) in [6.07, 6.45) is -0.295. The van der Waals surface area contributed by atoms with Crippen molar-refractivity contribution in [3.63, 3.8) is 0 Å². The van der Waals surface area contributed by atoms with Crippen molar-refractivity contribution in [1.82, 2.24) is 0 Å². The lowest BCUT2D eigenvalue weighted by atomic mass is 10.0. The quantitative estimate of drug-likeness (QED) is 0.325. The molecule has 0 rings (SSSR count). The van der Waals surface area contributed by atoms with E-state index in [0.717, 1.165) is 0 Å². The van der Waals surface area contributed by atoms with E-state index in [1.54, 1.807) is 0 Å². The first-order valence-corrected chi connectivity index (χ1v) is 7.29. The van der Waals surface area contributed by atoms with Gasteiger partial charge in [-0.1, -0.05) is 34.8 Å². The molecule has 120 valence electrons. The van der Waals surface area contributed by atoms with Crippen molar-refractivity contribution in [2.75, 3.05) is 0 Å². The summed E-state index contributed by atoms with van der Waals surface area (Å²) >= 11 is 35.1. The van der Waals surface area contributed by atoms with Gasteiger partial charge in [0.2, 0.25) is 0 Å². The van der Waals surface area contributed by atoms with Crippen LogP contribution in [0.5, 0.6) is 0 Å². The number of rotatable bonds is 6. The zero-order chi connectivity index (χ0) is 16.5. The predicted molar refractivity (Wildman–Crippen MR) is 74.2 cm³/mol. The van der Waals surface area contributed by atoms with Gasteiger partial charge in [-0.25, -0.2) is 4.39 Å². The molecule has 0 fully saturated rings. The molecule has 0 radical (unpaired) electrons. The molecule has 0 amide bonds. The van der Waals surface area contributed by atoms with Crippen molar-refractivity contribution >= 4 is 81.2 Å². The Morgan fingerprint density at radius 1 is 0.900 bits per heavy atom. The molecule has 0 nitrogen and oxygen atoms in total. The van der Waals surface area contributed by atoms with Crippen LogP contribution in [0.25, 0.3) is 0 Å². The van der Waals surface area contributed by atoms with E-state index in [0.29, 0.717) is 0 Å². The third-order valence-corrected chi connectivity index (χ3v) is 4.67. The molecule has 0 aliphatic rings. The lowest BCUT2D eigenvalue weighted by Crippen LogP contribution is -2.58. The third-order valence-electron chi connectivity index (χ3n) is 1.97. The van der Waals surface area contributed by atoms with Crippen LogP contribution in [0, 0.1) is 0 Å². The van der Waals surface area contributed by atoms with E-state index in [4.69, 9.17) is 81.2 Å². The van der Waals surface area contributed by atoms with Crippen molar-refractivity contribution in [3.05, 3.63) is 10.6 Å². The molecule has 0 spiro atoms. The smallest absolute Gasteiger partial charge is 0.218 e. The Morgan fingerprint density at radius 2 is 1.30 bits per heavy atom. The van der Waals surface area contributed by atoms with Gasteiger partial charge in [0, 0.05) is 6.08 Å². The number of hydrogen-bond acceptors (Lipinski definition) is 0. The monoisotopic (exact) mass is 440 g/mol.